The summed E-state index contributed by atoms with van der Waals surface area (Å²) in [5, 5.41) is 0. The van der Waals surface area contributed by atoms with Gasteiger partial charge in [0.05, 0.1) is 11.1 Å². The number of hydrogen-bond acceptors (Lipinski definition) is 3. The van der Waals surface area contributed by atoms with Gasteiger partial charge in [0.2, 0.25) is 0 Å². The summed E-state index contributed by atoms with van der Waals surface area (Å²) < 4.78 is 72.7. The second-order valence-electron chi connectivity index (χ2n) is 3.65. The Balaban J connectivity index is 3.36. The zero-order chi connectivity index (χ0) is 14.1. The maximum atomic E-state index is 13.3. The maximum Gasteiger partial charge on any atom is 0.417 e. The Bertz CT molecular complexity index is 575. The first-order valence-electron chi connectivity index (χ1n) is 4.59. The number of hydrogen-bond donors (Lipinski definition) is 0. The van der Waals surface area contributed by atoms with Crippen LogP contribution in [0.15, 0.2) is 18.2 Å². The van der Waals surface area contributed by atoms with Crippen LogP contribution in [0.3, 0.4) is 0 Å². The molecule has 0 aliphatic rings. The molecule has 3 nitrogen and oxygen atoms in total. The Kier molecular flexibility index (Phi) is 3.80. The van der Waals surface area contributed by atoms with Crippen molar-refractivity contribution in [2.75, 3.05) is 12.0 Å². The van der Waals surface area contributed by atoms with Gasteiger partial charge in [-0.3, -0.25) is 4.79 Å². The van der Waals surface area contributed by atoms with Crippen LogP contribution in [0.1, 0.15) is 15.9 Å². The Morgan fingerprint density at radius 1 is 1.28 bits per heavy atom. The van der Waals surface area contributed by atoms with Crippen LogP contribution in [0, 0.1) is 5.82 Å². The predicted molar refractivity (Wildman–Crippen MR) is 55.4 cm³/mol. The number of alkyl halides is 3. The van der Waals surface area contributed by atoms with E-state index in [0.717, 1.165) is 6.07 Å². The number of carbonyl (C=O) groups excluding carboxylic acids is 1. The standard InChI is InChI=1S/C10H8F4O3S/c1-18(16,17)5-8(15)9-6(10(12,13)14)3-2-4-7(9)11/h2-4H,5H2,1H3. The highest BCUT2D eigenvalue weighted by Gasteiger charge is 2.37. The molecule has 100 valence electrons. The van der Waals surface area contributed by atoms with Gasteiger partial charge in [0.1, 0.15) is 11.6 Å². The third-order valence-corrected chi connectivity index (χ3v) is 2.78. The van der Waals surface area contributed by atoms with Crippen LogP contribution >= 0.6 is 0 Å². The van der Waals surface area contributed by atoms with Gasteiger partial charge in [-0.25, -0.2) is 12.8 Å². The van der Waals surface area contributed by atoms with Gasteiger partial charge in [0, 0.05) is 6.26 Å². The van der Waals surface area contributed by atoms with E-state index in [1.54, 1.807) is 0 Å². The minimum atomic E-state index is -4.93. The normalized spacial score (nSPS) is 12.5. The molecule has 0 N–H and O–H groups in total. The van der Waals surface area contributed by atoms with Gasteiger partial charge < -0.3 is 0 Å². The molecule has 1 rings (SSSR count). The number of carbonyl (C=O) groups is 1. The summed E-state index contributed by atoms with van der Waals surface area (Å²) in [6.07, 6.45) is -4.25. The molecule has 0 fully saturated rings. The van der Waals surface area contributed by atoms with E-state index in [0.29, 0.717) is 18.4 Å². The number of halogens is 4. The van der Waals surface area contributed by atoms with Gasteiger partial charge >= 0.3 is 6.18 Å². The van der Waals surface area contributed by atoms with Crippen LogP contribution in [0.5, 0.6) is 0 Å². The average molecular weight is 284 g/mol. The smallest absolute Gasteiger partial charge is 0.293 e. The van der Waals surface area contributed by atoms with Gasteiger partial charge in [0.25, 0.3) is 0 Å². The average Bonchev–Trinajstić information content (AvgIpc) is 2.12. The first-order chi connectivity index (χ1) is 8.02. The monoisotopic (exact) mass is 284 g/mol. The molecule has 1 aromatic carbocycles. The molecule has 1 aromatic rings. The summed E-state index contributed by atoms with van der Waals surface area (Å²) >= 11 is 0. The van der Waals surface area contributed by atoms with Crippen molar-refractivity contribution in [3.63, 3.8) is 0 Å². The highest BCUT2D eigenvalue weighted by Crippen LogP contribution is 2.33. The highest BCUT2D eigenvalue weighted by molar-refractivity contribution is 7.91. The molecule has 0 aliphatic heterocycles. The number of ketones is 1. The lowest BCUT2D eigenvalue weighted by atomic mass is 10.0. The topological polar surface area (TPSA) is 51.2 Å². The zero-order valence-corrected chi connectivity index (χ0v) is 9.90. The van der Waals surface area contributed by atoms with E-state index in [-0.39, 0.29) is 0 Å². The van der Waals surface area contributed by atoms with E-state index < -0.39 is 44.5 Å². The lowest BCUT2D eigenvalue weighted by Gasteiger charge is -2.12. The zero-order valence-electron chi connectivity index (χ0n) is 9.08. The Hall–Kier alpha value is -1.44. The first kappa shape index (κ1) is 14.6. The lowest BCUT2D eigenvalue weighted by Crippen LogP contribution is -2.21. The molecule has 0 unspecified atom stereocenters. The molecular weight excluding hydrogens is 276 g/mol. The number of sulfone groups is 1. The minimum Gasteiger partial charge on any atom is -0.293 e. The largest absolute Gasteiger partial charge is 0.417 e. The Labute approximate surface area is 100 Å². The van der Waals surface area contributed by atoms with Crippen molar-refractivity contribution in [1.82, 2.24) is 0 Å². The van der Waals surface area contributed by atoms with Crippen molar-refractivity contribution >= 4 is 15.6 Å². The molecule has 0 radical (unpaired) electrons. The number of Topliss-reactive ketones (excluding diaryl/α,β-unsaturated/α-hetero) is 1. The third-order valence-electron chi connectivity index (χ3n) is 1.99. The van der Waals surface area contributed by atoms with E-state index in [1.165, 1.54) is 0 Å². The highest BCUT2D eigenvalue weighted by atomic mass is 32.2. The molecule has 0 saturated heterocycles. The molecule has 8 heteroatoms. The summed E-state index contributed by atoms with van der Waals surface area (Å²) in [5.41, 5.74) is -2.72. The third kappa shape index (κ3) is 3.52. The van der Waals surface area contributed by atoms with Crippen LogP contribution in [-0.4, -0.2) is 26.2 Å². The Morgan fingerprint density at radius 2 is 1.83 bits per heavy atom. The fraction of sp³-hybridized carbons (Fsp3) is 0.300. The lowest BCUT2D eigenvalue weighted by molar-refractivity contribution is -0.138. The van der Waals surface area contributed by atoms with Crippen molar-refractivity contribution in [3.05, 3.63) is 35.1 Å². The van der Waals surface area contributed by atoms with Gasteiger partial charge in [0.15, 0.2) is 15.6 Å². The SMILES string of the molecule is CS(=O)(=O)CC(=O)c1c(F)cccc1C(F)(F)F. The fourth-order valence-electron chi connectivity index (χ4n) is 1.35. The molecule has 0 aliphatic carbocycles. The second kappa shape index (κ2) is 4.68. The first-order valence-corrected chi connectivity index (χ1v) is 6.65. The number of rotatable bonds is 3. The van der Waals surface area contributed by atoms with Crippen molar-refractivity contribution in [3.8, 4) is 0 Å². The summed E-state index contributed by atoms with van der Waals surface area (Å²) in [6, 6.07) is 2.00. The second-order valence-corrected chi connectivity index (χ2v) is 5.79. The van der Waals surface area contributed by atoms with Gasteiger partial charge in [-0.2, -0.15) is 13.2 Å². The van der Waals surface area contributed by atoms with Crippen LogP contribution in [0.2, 0.25) is 0 Å². The van der Waals surface area contributed by atoms with E-state index in [1.807, 2.05) is 0 Å². The fourth-order valence-corrected chi connectivity index (χ4v) is 1.97. The summed E-state index contributed by atoms with van der Waals surface area (Å²) in [4.78, 5) is 11.4. The molecule has 0 aromatic heterocycles. The van der Waals surface area contributed by atoms with Crippen LogP contribution in [0.4, 0.5) is 17.6 Å². The van der Waals surface area contributed by atoms with E-state index in [4.69, 9.17) is 0 Å². The van der Waals surface area contributed by atoms with E-state index in [9.17, 15) is 30.8 Å². The van der Waals surface area contributed by atoms with Crippen LogP contribution in [-0.2, 0) is 16.0 Å². The molecule has 0 spiro atoms. The van der Waals surface area contributed by atoms with E-state index >= 15 is 0 Å². The molecular formula is C10H8F4O3S. The summed E-state index contributed by atoms with van der Waals surface area (Å²) in [7, 11) is -3.83. The quantitative estimate of drug-likeness (QED) is 0.630. The van der Waals surface area contributed by atoms with Crippen LogP contribution in [0.25, 0.3) is 0 Å². The van der Waals surface area contributed by atoms with Crippen molar-refractivity contribution < 1.29 is 30.8 Å². The van der Waals surface area contributed by atoms with Crippen molar-refractivity contribution in [2.45, 2.75) is 6.18 Å². The van der Waals surface area contributed by atoms with Crippen molar-refractivity contribution in [1.29, 1.82) is 0 Å². The molecule has 18 heavy (non-hydrogen) atoms. The maximum absolute atomic E-state index is 13.3. The molecule has 0 heterocycles. The van der Waals surface area contributed by atoms with Crippen molar-refractivity contribution in [2.24, 2.45) is 0 Å². The van der Waals surface area contributed by atoms with E-state index in [2.05, 4.69) is 0 Å². The van der Waals surface area contributed by atoms with Gasteiger partial charge in [-0.15, -0.1) is 0 Å². The number of benzene rings is 1. The summed E-state index contributed by atoms with van der Waals surface area (Å²) in [5.74, 6) is -3.97. The summed E-state index contributed by atoms with van der Waals surface area (Å²) in [6.45, 7) is 0. The molecule has 0 amide bonds. The van der Waals surface area contributed by atoms with Crippen LogP contribution < -0.4 is 0 Å². The molecule has 0 atom stereocenters. The minimum absolute atomic E-state index is 0.526. The van der Waals surface area contributed by atoms with Gasteiger partial charge in [-0.1, -0.05) is 6.07 Å². The predicted octanol–water partition coefficient (Wildman–Crippen LogP) is 2.07. The molecule has 0 saturated carbocycles. The molecule has 0 bridgehead atoms. The Morgan fingerprint density at radius 3 is 2.28 bits per heavy atom. The van der Waals surface area contributed by atoms with Gasteiger partial charge in [-0.05, 0) is 12.1 Å².